The van der Waals surface area contributed by atoms with Crippen LogP contribution in [0.15, 0.2) is 22.7 Å². The summed E-state index contributed by atoms with van der Waals surface area (Å²) in [5, 5.41) is 8.77. The minimum Gasteiger partial charge on any atom is -0.496 e. The van der Waals surface area contributed by atoms with Crippen molar-refractivity contribution in [3.05, 3.63) is 28.2 Å². The second-order valence-corrected chi connectivity index (χ2v) is 5.94. The van der Waals surface area contributed by atoms with E-state index >= 15 is 0 Å². The number of methoxy groups -OCH3 is 1. The van der Waals surface area contributed by atoms with Crippen LogP contribution in [-0.4, -0.2) is 49.5 Å². The monoisotopic (exact) mass is 343 g/mol. The Labute approximate surface area is 128 Å². The van der Waals surface area contributed by atoms with E-state index in [0.717, 1.165) is 42.7 Å². The number of benzene rings is 1. The predicted molar refractivity (Wildman–Crippen MR) is 82.0 cm³/mol. The van der Waals surface area contributed by atoms with Gasteiger partial charge in [0, 0.05) is 29.7 Å². The summed E-state index contributed by atoms with van der Waals surface area (Å²) in [5.74, 6) is 0.937. The molecule has 0 atom stereocenters. The van der Waals surface area contributed by atoms with Gasteiger partial charge in [-0.25, -0.2) is 0 Å². The van der Waals surface area contributed by atoms with Crippen molar-refractivity contribution >= 4 is 15.9 Å². The van der Waals surface area contributed by atoms with Crippen molar-refractivity contribution in [1.29, 1.82) is 0 Å². The van der Waals surface area contributed by atoms with Crippen LogP contribution in [0.25, 0.3) is 0 Å². The van der Waals surface area contributed by atoms with E-state index in [-0.39, 0.29) is 6.61 Å². The Morgan fingerprint density at radius 2 is 2.10 bits per heavy atom. The van der Waals surface area contributed by atoms with E-state index in [1.54, 1.807) is 7.11 Å². The minimum atomic E-state index is 0.107. The van der Waals surface area contributed by atoms with Crippen molar-refractivity contribution in [3.63, 3.8) is 0 Å². The zero-order valence-corrected chi connectivity index (χ0v) is 13.4. The highest BCUT2D eigenvalue weighted by molar-refractivity contribution is 9.10. The summed E-state index contributed by atoms with van der Waals surface area (Å²) in [6, 6.07) is 6.11. The summed E-state index contributed by atoms with van der Waals surface area (Å²) in [6.45, 7) is 3.49. The third kappa shape index (κ3) is 4.45. The van der Waals surface area contributed by atoms with Gasteiger partial charge in [-0.05, 0) is 31.0 Å². The zero-order valence-electron chi connectivity index (χ0n) is 11.8. The van der Waals surface area contributed by atoms with Crippen molar-refractivity contribution in [2.75, 3.05) is 33.4 Å². The van der Waals surface area contributed by atoms with E-state index in [1.165, 1.54) is 5.56 Å². The molecule has 1 N–H and O–H groups in total. The summed E-state index contributed by atoms with van der Waals surface area (Å²) in [7, 11) is 1.71. The average molecular weight is 344 g/mol. The Kier molecular flexibility index (Phi) is 6.29. The summed E-state index contributed by atoms with van der Waals surface area (Å²) in [5.41, 5.74) is 1.21. The predicted octanol–water partition coefficient (Wildman–Crippen LogP) is 2.43. The Balaban J connectivity index is 1.87. The average Bonchev–Trinajstić information content (AvgIpc) is 2.47. The number of aliphatic hydroxyl groups is 1. The molecule has 2 rings (SSSR count). The van der Waals surface area contributed by atoms with Gasteiger partial charge in [0.1, 0.15) is 5.75 Å². The first-order valence-corrected chi connectivity index (χ1v) is 7.79. The Morgan fingerprint density at radius 3 is 2.75 bits per heavy atom. The number of ether oxygens (including phenoxy) is 2. The molecular formula is C15H22BrNO3. The molecule has 0 bridgehead atoms. The fourth-order valence-electron chi connectivity index (χ4n) is 2.57. The molecule has 0 radical (unpaired) electrons. The van der Waals surface area contributed by atoms with Crippen LogP contribution in [0.1, 0.15) is 18.4 Å². The van der Waals surface area contributed by atoms with E-state index in [4.69, 9.17) is 14.6 Å². The molecule has 0 aliphatic carbocycles. The maximum Gasteiger partial charge on any atom is 0.123 e. The first kappa shape index (κ1) is 15.8. The van der Waals surface area contributed by atoms with Gasteiger partial charge in [0.25, 0.3) is 0 Å². The van der Waals surface area contributed by atoms with E-state index < -0.39 is 0 Å². The molecule has 1 aliphatic heterocycles. The number of likely N-dealkylation sites (tertiary alicyclic amines) is 1. The minimum absolute atomic E-state index is 0.107. The summed E-state index contributed by atoms with van der Waals surface area (Å²) in [4.78, 5) is 2.42. The van der Waals surface area contributed by atoms with Gasteiger partial charge in [0.15, 0.2) is 0 Å². The molecule has 0 aromatic heterocycles. The molecular weight excluding hydrogens is 322 g/mol. The van der Waals surface area contributed by atoms with E-state index in [1.807, 2.05) is 12.1 Å². The molecule has 0 unspecified atom stereocenters. The Morgan fingerprint density at radius 1 is 1.35 bits per heavy atom. The SMILES string of the molecule is COc1ccc(Br)cc1CN1CCC(OCCO)CC1. The molecule has 1 heterocycles. The summed E-state index contributed by atoms with van der Waals surface area (Å²) >= 11 is 3.51. The molecule has 1 fully saturated rings. The molecule has 0 spiro atoms. The highest BCUT2D eigenvalue weighted by Crippen LogP contribution is 2.25. The molecule has 4 nitrogen and oxygen atoms in total. The normalized spacial score (nSPS) is 17.4. The third-order valence-corrected chi connectivity index (χ3v) is 4.11. The van der Waals surface area contributed by atoms with Crippen LogP contribution >= 0.6 is 15.9 Å². The number of halogens is 1. The number of piperidine rings is 1. The van der Waals surface area contributed by atoms with E-state index in [2.05, 4.69) is 26.9 Å². The van der Waals surface area contributed by atoms with Gasteiger partial charge in [-0.1, -0.05) is 15.9 Å². The maximum absolute atomic E-state index is 8.77. The number of aliphatic hydroxyl groups excluding tert-OH is 1. The number of hydrogen-bond acceptors (Lipinski definition) is 4. The fraction of sp³-hybridized carbons (Fsp3) is 0.600. The van der Waals surface area contributed by atoms with Crippen LogP contribution in [-0.2, 0) is 11.3 Å². The van der Waals surface area contributed by atoms with Gasteiger partial charge in [0.2, 0.25) is 0 Å². The second-order valence-electron chi connectivity index (χ2n) is 5.03. The fourth-order valence-corrected chi connectivity index (χ4v) is 2.97. The summed E-state index contributed by atoms with van der Waals surface area (Å²) in [6.07, 6.45) is 2.34. The number of hydrogen-bond donors (Lipinski definition) is 1. The lowest BCUT2D eigenvalue weighted by molar-refractivity contribution is -0.00909. The maximum atomic E-state index is 8.77. The molecule has 1 saturated heterocycles. The largest absolute Gasteiger partial charge is 0.496 e. The van der Waals surface area contributed by atoms with Crippen LogP contribution in [0.4, 0.5) is 0 Å². The van der Waals surface area contributed by atoms with E-state index in [0.29, 0.717) is 12.7 Å². The highest BCUT2D eigenvalue weighted by Gasteiger charge is 2.20. The Hall–Kier alpha value is -0.620. The van der Waals surface area contributed by atoms with Crippen LogP contribution < -0.4 is 4.74 Å². The molecule has 112 valence electrons. The summed E-state index contributed by atoms with van der Waals surface area (Å²) < 4.78 is 12.1. The number of nitrogens with zero attached hydrogens (tertiary/aromatic N) is 1. The highest BCUT2D eigenvalue weighted by atomic mass is 79.9. The molecule has 5 heteroatoms. The molecule has 1 aliphatic rings. The molecule has 0 amide bonds. The van der Waals surface area contributed by atoms with Gasteiger partial charge in [-0.3, -0.25) is 4.90 Å². The quantitative estimate of drug-likeness (QED) is 0.861. The van der Waals surface area contributed by atoms with Gasteiger partial charge in [-0.2, -0.15) is 0 Å². The van der Waals surface area contributed by atoms with Crippen molar-refractivity contribution in [2.24, 2.45) is 0 Å². The van der Waals surface area contributed by atoms with Crippen molar-refractivity contribution < 1.29 is 14.6 Å². The lowest BCUT2D eigenvalue weighted by atomic mass is 10.1. The second kappa shape index (κ2) is 7.98. The third-order valence-electron chi connectivity index (χ3n) is 3.62. The van der Waals surface area contributed by atoms with Gasteiger partial charge < -0.3 is 14.6 Å². The first-order valence-electron chi connectivity index (χ1n) is 7.00. The Bertz CT molecular complexity index is 420. The van der Waals surface area contributed by atoms with Crippen molar-refractivity contribution in [1.82, 2.24) is 4.90 Å². The van der Waals surface area contributed by atoms with Crippen molar-refractivity contribution in [2.45, 2.75) is 25.5 Å². The number of rotatable bonds is 6. The lowest BCUT2D eigenvalue weighted by Gasteiger charge is -2.32. The van der Waals surface area contributed by atoms with Gasteiger partial charge in [-0.15, -0.1) is 0 Å². The van der Waals surface area contributed by atoms with Gasteiger partial charge >= 0.3 is 0 Å². The van der Waals surface area contributed by atoms with Crippen LogP contribution in [0, 0.1) is 0 Å². The van der Waals surface area contributed by atoms with Crippen LogP contribution in [0.3, 0.4) is 0 Å². The van der Waals surface area contributed by atoms with Crippen LogP contribution in [0.2, 0.25) is 0 Å². The molecule has 20 heavy (non-hydrogen) atoms. The standard InChI is InChI=1S/C15H22BrNO3/c1-19-15-3-2-13(16)10-12(15)11-17-6-4-14(5-7-17)20-9-8-18/h2-3,10,14,18H,4-9,11H2,1H3. The smallest absolute Gasteiger partial charge is 0.123 e. The van der Waals surface area contributed by atoms with Crippen LogP contribution in [0.5, 0.6) is 5.75 Å². The van der Waals surface area contributed by atoms with Crippen molar-refractivity contribution in [3.8, 4) is 5.75 Å². The molecule has 1 aromatic carbocycles. The lowest BCUT2D eigenvalue weighted by Crippen LogP contribution is -2.37. The molecule has 0 saturated carbocycles. The topological polar surface area (TPSA) is 41.9 Å². The van der Waals surface area contributed by atoms with Gasteiger partial charge in [0.05, 0.1) is 26.4 Å². The first-order chi connectivity index (χ1) is 9.72. The molecule has 1 aromatic rings. The zero-order chi connectivity index (χ0) is 14.4. The van der Waals surface area contributed by atoms with E-state index in [9.17, 15) is 0 Å².